The van der Waals surface area contributed by atoms with Crippen LogP contribution in [-0.4, -0.2) is 25.2 Å². The van der Waals surface area contributed by atoms with Crippen molar-refractivity contribution < 1.29 is 9.53 Å². The molecule has 2 fully saturated rings. The van der Waals surface area contributed by atoms with Crippen LogP contribution >= 0.6 is 0 Å². The maximum Gasteiger partial charge on any atom is 0.308 e. The molecule has 1 N–H and O–H groups in total. The van der Waals surface area contributed by atoms with Crippen molar-refractivity contribution in [1.82, 2.24) is 5.32 Å². The molecule has 1 aliphatic heterocycles. The number of carbonyl (C=O) groups is 1. The third-order valence-electron chi connectivity index (χ3n) is 3.03. The van der Waals surface area contributed by atoms with E-state index in [1.807, 2.05) is 0 Å². The fraction of sp³-hybridized carbons (Fsp3) is 0.909. The highest BCUT2D eigenvalue weighted by molar-refractivity contribution is 5.74. The summed E-state index contributed by atoms with van der Waals surface area (Å²) in [5.41, 5.74) is 0. The third kappa shape index (κ3) is 2.98. The number of hydrogen-bond donors (Lipinski definition) is 1. The Kier molecular flexibility index (Phi) is 3.40. The molecule has 0 amide bonds. The number of rotatable bonds is 4. The minimum Gasteiger partial charge on any atom is -0.465 e. The average Bonchev–Trinajstić information content (AvgIpc) is 3.02. The summed E-state index contributed by atoms with van der Waals surface area (Å²) in [6, 6.07) is 0.579. The summed E-state index contributed by atoms with van der Waals surface area (Å²) >= 11 is 0. The maximum atomic E-state index is 11.2. The van der Waals surface area contributed by atoms with E-state index in [0.717, 1.165) is 25.8 Å². The molecule has 0 unspecified atom stereocenters. The summed E-state index contributed by atoms with van der Waals surface area (Å²) in [5.74, 6) is 0.273. The molecular weight excluding hydrogens is 178 g/mol. The van der Waals surface area contributed by atoms with Crippen LogP contribution in [0.1, 0.15) is 38.5 Å². The van der Waals surface area contributed by atoms with Gasteiger partial charge in [0.15, 0.2) is 0 Å². The smallest absolute Gasteiger partial charge is 0.308 e. The average molecular weight is 197 g/mol. The number of esters is 1. The van der Waals surface area contributed by atoms with Gasteiger partial charge in [0.1, 0.15) is 0 Å². The molecule has 80 valence electrons. The molecule has 1 saturated carbocycles. The van der Waals surface area contributed by atoms with Gasteiger partial charge in [-0.3, -0.25) is 4.79 Å². The van der Waals surface area contributed by atoms with Crippen LogP contribution in [0, 0.1) is 5.92 Å². The first kappa shape index (κ1) is 9.97. The van der Waals surface area contributed by atoms with Gasteiger partial charge in [0, 0.05) is 6.04 Å². The predicted molar refractivity (Wildman–Crippen MR) is 53.9 cm³/mol. The second kappa shape index (κ2) is 4.78. The van der Waals surface area contributed by atoms with Gasteiger partial charge < -0.3 is 10.1 Å². The first-order valence-corrected chi connectivity index (χ1v) is 5.76. The first-order chi connectivity index (χ1) is 6.86. The SMILES string of the molecule is O=C(OCC[C@@H]1CCCCN1)C1CC1. The predicted octanol–water partition coefficient (Wildman–Crippen LogP) is 1.47. The van der Waals surface area contributed by atoms with Gasteiger partial charge in [-0.25, -0.2) is 0 Å². The van der Waals surface area contributed by atoms with E-state index in [4.69, 9.17) is 4.74 Å². The van der Waals surface area contributed by atoms with Gasteiger partial charge in [0.05, 0.1) is 12.5 Å². The van der Waals surface area contributed by atoms with Crippen molar-refractivity contribution in [3.05, 3.63) is 0 Å². The molecule has 1 atom stereocenters. The summed E-state index contributed by atoms with van der Waals surface area (Å²) in [7, 11) is 0. The quantitative estimate of drug-likeness (QED) is 0.694. The fourth-order valence-corrected chi connectivity index (χ4v) is 1.91. The van der Waals surface area contributed by atoms with Gasteiger partial charge in [0.25, 0.3) is 0 Å². The van der Waals surface area contributed by atoms with Crippen molar-refractivity contribution >= 4 is 5.97 Å². The Balaban J connectivity index is 1.54. The first-order valence-electron chi connectivity index (χ1n) is 5.76. The molecule has 1 heterocycles. The lowest BCUT2D eigenvalue weighted by Gasteiger charge is -2.23. The summed E-state index contributed by atoms with van der Waals surface area (Å²) < 4.78 is 5.19. The van der Waals surface area contributed by atoms with Gasteiger partial charge in [-0.15, -0.1) is 0 Å². The van der Waals surface area contributed by atoms with Crippen LogP contribution in [0.4, 0.5) is 0 Å². The van der Waals surface area contributed by atoms with Gasteiger partial charge in [0.2, 0.25) is 0 Å². The molecule has 0 aromatic rings. The topological polar surface area (TPSA) is 38.3 Å². The van der Waals surface area contributed by atoms with Crippen molar-refractivity contribution in [3.8, 4) is 0 Å². The lowest BCUT2D eigenvalue weighted by molar-refractivity contribution is -0.145. The normalized spacial score (nSPS) is 27.3. The van der Waals surface area contributed by atoms with Gasteiger partial charge in [-0.2, -0.15) is 0 Å². The van der Waals surface area contributed by atoms with Crippen LogP contribution in [0.25, 0.3) is 0 Å². The fourth-order valence-electron chi connectivity index (χ4n) is 1.91. The number of nitrogens with one attached hydrogen (secondary N) is 1. The lowest BCUT2D eigenvalue weighted by Crippen LogP contribution is -2.35. The van der Waals surface area contributed by atoms with Crippen molar-refractivity contribution in [2.24, 2.45) is 5.92 Å². The van der Waals surface area contributed by atoms with Crippen LogP contribution in [0.15, 0.2) is 0 Å². The zero-order valence-electron chi connectivity index (χ0n) is 8.63. The number of ether oxygens (including phenoxy) is 1. The molecule has 2 rings (SSSR count). The Bertz CT molecular complexity index is 195. The Morgan fingerprint density at radius 1 is 1.29 bits per heavy atom. The molecular formula is C11H19NO2. The highest BCUT2D eigenvalue weighted by Gasteiger charge is 2.31. The molecule has 0 radical (unpaired) electrons. The van der Waals surface area contributed by atoms with E-state index >= 15 is 0 Å². The summed E-state index contributed by atoms with van der Waals surface area (Å²) in [5, 5.41) is 3.45. The number of carbonyl (C=O) groups excluding carboxylic acids is 1. The largest absolute Gasteiger partial charge is 0.465 e. The third-order valence-corrected chi connectivity index (χ3v) is 3.03. The Labute approximate surface area is 85.2 Å². The van der Waals surface area contributed by atoms with Crippen LogP contribution in [0.5, 0.6) is 0 Å². The van der Waals surface area contributed by atoms with E-state index in [9.17, 15) is 4.79 Å². The minimum atomic E-state index is 0.0285. The molecule has 0 bridgehead atoms. The zero-order chi connectivity index (χ0) is 9.80. The van der Waals surface area contributed by atoms with Crippen LogP contribution < -0.4 is 5.32 Å². The molecule has 1 aliphatic carbocycles. The van der Waals surface area contributed by atoms with Gasteiger partial charge in [-0.05, 0) is 38.6 Å². The highest BCUT2D eigenvalue weighted by Crippen LogP contribution is 2.30. The Hall–Kier alpha value is -0.570. The highest BCUT2D eigenvalue weighted by atomic mass is 16.5. The Morgan fingerprint density at radius 2 is 2.14 bits per heavy atom. The molecule has 3 heteroatoms. The van der Waals surface area contributed by atoms with Crippen LogP contribution in [-0.2, 0) is 9.53 Å². The van der Waals surface area contributed by atoms with E-state index in [1.165, 1.54) is 19.3 Å². The number of hydrogen-bond acceptors (Lipinski definition) is 3. The second-order valence-electron chi connectivity index (χ2n) is 4.38. The van der Waals surface area contributed by atoms with Gasteiger partial charge in [-0.1, -0.05) is 6.42 Å². The van der Waals surface area contributed by atoms with E-state index in [2.05, 4.69) is 5.32 Å². The molecule has 0 aromatic carbocycles. The molecule has 0 aromatic heterocycles. The molecule has 0 spiro atoms. The molecule has 2 aliphatic rings. The molecule has 3 nitrogen and oxygen atoms in total. The van der Waals surface area contributed by atoms with Crippen LogP contribution in [0.2, 0.25) is 0 Å². The van der Waals surface area contributed by atoms with Crippen molar-refractivity contribution in [1.29, 1.82) is 0 Å². The second-order valence-corrected chi connectivity index (χ2v) is 4.38. The van der Waals surface area contributed by atoms with Crippen molar-refractivity contribution in [2.45, 2.75) is 44.6 Å². The van der Waals surface area contributed by atoms with Gasteiger partial charge >= 0.3 is 5.97 Å². The summed E-state index contributed by atoms with van der Waals surface area (Å²) in [4.78, 5) is 11.2. The number of piperidine rings is 1. The van der Waals surface area contributed by atoms with Crippen LogP contribution in [0.3, 0.4) is 0 Å². The molecule has 1 saturated heterocycles. The summed E-state index contributed by atoms with van der Waals surface area (Å²) in [6.07, 6.45) is 6.91. The minimum absolute atomic E-state index is 0.0285. The lowest BCUT2D eigenvalue weighted by atomic mass is 10.0. The van der Waals surface area contributed by atoms with E-state index in [-0.39, 0.29) is 11.9 Å². The zero-order valence-corrected chi connectivity index (χ0v) is 8.63. The standard InChI is InChI=1S/C11H19NO2/c13-11(9-4-5-9)14-8-6-10-3-1-2-7-12-10/h9-10,12H,1-8H2/t10-/m0/s1. The monoisotopic (exact) mass is 197 g/mol. The maximum absolute atomic E-state index is 11.2. The van der Waals surface area contributed by atoms with E-state index in [0.29, 0.717) is 12.6 Å². The Morgan fingerprint density at radius 3 is 2.79 bits per heavy atom. The van der Waals surface area contributed by atoms with E-state index < -0.39 is 0 Å². The molecule has 14 heavy (non-hydrogen) atoms. The summed E-state index contributed by atoms with van der Waals surface area (Å²) in [6.45, 7) is 1.73. The van der Waals surface area contributed by atoms with E-state index in [1.54, 1.807) is 0 Å². The van der Waals surface area contributed by atoms with Crippen molar-refractivity contribution in [3.63, 3.8) is 0 Å². The van der Waals surface area contributed by atoms with Crippen molar-refractivity contribution in [2.75, 3.05) is 13.2 Å².